The minimum Gasteiger partial charge on any atom is -0.361 e. The first-order valence-electron chi connectivity index (χ1n) is 15.4. The summed E-state index contributed by atoms with van der Waals surface area (Å²) in [5, 5.41) is 4.74. The molecule has 0 unspecified atom stereocenters. The molecule has 210 valence electrons. The van der Waals surface area contributed by atoms with Crippen molar-refractivity contribution in [1.82, 2.24) is 20.1 Å². The van der Waals surface area contributed by atoms with E-state index in [2.05, 4.69) is 65.9 Å². The second kappa shape index (κ2) is 10.3. The summed E-state index contributed by atoms with van der Waals surface area (Å²) < 4.78 is 0. The van der Waals surface area contributed by atoms with E-state index in [4.69, 9.17) is 0 Å². The Labute approximate surface area is 237 Å². The topological polar surface area (TPSA) is 68.4 Å². The molecule has 5 aliphatic carbocycles. The summed E-state index contributed by atoms with van der Waals surface area (Å²) in [5.41, 5.74) is 4.63. The van der Waals surface area contributed by atoms with Gasteiger partial charge in [-0.15, -0.1) is 0 Å². The zero-order valence-electron chi connectivity index (χ0n) is 23.7. The number of aromatic nitrogens is 1. The lowest BCUT2D eigenvalue weighted by molar-refractivity contribution is -0.132. The number of carbonyl (C=O) groups is 2. The fraction of sp³-hybridized carbons (Fsp3) is 0.529. The van der Waals surface area contributed by atoms with Gasteiger partial charge in [0.25, 0.3) is 0 Å². The summed E-state index contributed by atoms with van der Waals surface area (Å²) in [6.07, 6.45) is 12.3. The van der Waals surface area contributed by atoms with E-state index in [1.54, 1.807) is 0 Å². The Hall–Kier alpha value is -3.28. The number of hydrogen-bond acceptors (Lipinski definition) is 2. The predicted molar refractivity (Wildman–Crippen MR) is 158 cm³/mol. The number of rotatable bonds is 9. The Morgan fingerprint density at radius 2 is 1.62 bits per heavy atom. The molecule has 0 radical (unpaired) electrons. The lowest BCUT2D eigenvalue weighted by Crippen LogP contribution is -2.62. The van der Waals surface area contributed by atoms with E-state index in [0.717, 1.165) is 67.4 Å². The van der Waals surface area contributed by atoms with Crippen LogP contribution in [0.1, 0.15) is 68.1 Å². The van der Waals surface area contributed by atoms with Crippen molar-refractivity contribution in [3.63, 3.8) is 0 Å². The van der Waals surface area contributed by atoms with Gasteiger partial charge in [0, 0.05) is 41.8 Å². The fourth-order valence-electron chi connectivity index (χ4n) is 8.36. The number of urea groups is 1. The summed E-state index contributed by atoms with van der Waals surface area (Å²) in [5.74, 6) is 2.36. The molecule has 40 heavy (non-hydrogen) atoms. The van der Waals surface area contributed by atoms with Gasteiger partial charge in [-0.05, 0) is 99.7 Å². The molecule has 3 amide bonds. The molecule has 1 aromatic heterocycles. The highest BCUT2D eigenvalue weighted by atomic mass is 16.2. The van der Waals surface area contributed by atoms with Gasteiger partial charge >= 0.3 is 6.03 Å². The molecule has 6 nitrogen and oxygen atoms in total. The first-order chi connectivity index (χ1) is 19.4. The van der Waals surface area contributed by atoms with Gasteiger partial charge in [-0.2, -0.15) is 0 Å². The van der Waals surface area contributed by atoms with Crippen LogP contribution >= 0.6 is 0 Å². The number of benzene rings is 2. The van der Waals surface area contributed by atoms with Crippen LogP contribution in [0.15, 0.2) is 54.7 Å². The first kappa shape index (κ1) is 25.7. The smallest absolute Gasteiger partial charge is 0.318 e. The number of nitrogens with zero attached hydrogens (tertiary/aromatic N) is 2. The molecule has 1 heterocycles. The van der Waals surface area contributed by atoms with E-state index in [-0.39, 0.29) is 30.1 Å². The van der Waals surface area contributed by atoms with Gasteiger partial charge in [0.1, 0.15) is 6.54 Å². The maximum atomic E-state index is 13.9. The average molecular weight is 539 g/mol. The van der Waals surface area contributed by atoms with Crippen LogP contribution in [0.4, 0.5) is 4.79 Å². The Morgan fingerprint density at radius 3 is 2.30 bits per heavy atom. The van der Waals surface area contributed by atoms with Gasteiger partial charge in [0.05, 0.1) is 0 Å². The molecule has 8 rings (SSSR count). The third-order valence-electron chi connectivity index (χ3n) is 10.1. The maximum absolute atomic E-state index is 13.9. The normalized spacial score (nSPS) is 26.7. The van der Waals surface area contributed by atoms with Gasteiger partial charge in [-0.3, -0.25) is 4.79 Å². The van der Waals surface area contributed by atoms with Crippen molar-refractivity contribution in [2.75, 3.05) is 13.1 Å². The van der Waals surface area contributed by atoms with Crippen LogP contribution in [0, 0.1) is 24.7 Å². The Balaban J connectivity index is 1.07. The number of fused-ring (bicyclic) bond motifs is 1. The van der Waals surface area contributed by atoms with Crippen molar-refractivity contribution in [3.05, 3.63) is 71.4 Å². The molecule has 0 saturated heterocycles. The van der Waals surface area contributed by atoms with Crippen LogP contribution in [0.3, 0.4) is 0 Å². The van der Waals surface area contributed by atoms with E-state index in [1.807, 2.05) is 15.9 Å². The first-order valence-corrected chi connectivity index (χ1v) is 15.4. The molecule has 0 atom stereocenters. The quantitative estimate of drug-likeness (QED) is 0.341. The number of para-hydroxylation sites is 1. The molecule has 0 spiro atoms. The maximum Gasteiger partial charge on any atom is 0.318 e. The number of carbonyl (C=O) groups excluding carboxylic acids is 2. The van der Waals surface area contributed by atoms with Gasteiger partial charge in [0.15, 0.2) is 0 Å². The van der Waals surface area contributed by atoms with E-state index in [1.165, 1.54) is 35.8 Å². The molecule has 5 fully saturated rings. The molecule has 4 bridgehead atoms. The number of hydrogen-bond donors (Lipinski definition) is 2. The highest BCUT2D eigenvalue weighted by molar-refractivity contribution is 5.85. The molecule has 6 heteroatoms. The summed E-state index contributed by atoms with van der Waals surface area (Å²) in [6.45, 7) is 3.41. The second-order valence-electron chi connectivity index (χ2n) is 13.4. The highest BCUT2D eigenvalue weighted by Crippen LogP contribution is 2.55. The van der Waals surface area contributed by atoms with Gasteiger partial charge in [0.2, 0.25) is 5.91 Å². The molecule has 2 N–H and O–H groups in total. The molecule has 3 aromatic rings. The number of aromatic amines is 1. The predicted octanol–water partition coefficient (Wildman–Crippen LogP) is 6.19. The monoisotopic (exact) mass is 538 g/mol. The largest absolute Gasteiger partial charge is 0.361 e. The molecule has 5 aliphatic rings. The van der Waals surface area contributed by atoms with Crippen LogP contribution in [0.25, 0.3) is 10.9 Å². The standard InChI is InChI=1S/C34H42N4O2/c1-23-6-8-24(9-7-23)21-37(13-12-28-20-35-31-5-3-2-4-30(28)31)32(39)22-38(29-10-11-29)33(40)36-34-17-25-14-26(18-34)16-27(15-25)19-34/h2-9,20,25-27,29,35H,10-19,21-22H2,1H3,(H,36,40). The van der Waals surface area contributed by atoms with Crippen LogP contribution in [-0.4, -0.2) is 51.4 Å². The third kappa shape index (κ3) is 5.25. The zero-order chi connectivity index (χ0) is 27.3. The summed E-state index contributed by atoms with van der Waals surface area (Å²) in [4.78, 5) is 34.9. The summed E-state index contributed by atoms with van der Waals surface area (Å²) >= 11 is 0. The Morgan fingerprint density at radius 1 is 0.950 bits per heavy atom. The number of aryl methyl sites for hydroxylation is 1. The van der Waals surface area contributed by atoms with Crippen molar-refractivity contribution >= 4 is 22.8 Å². The molecular formula is C34H42N4O2. The number of nitrogens with one attached hydrogen (secondary N) is 2. The molecule has 5 saturated carbocycles. The Kier molecular flexibility index (Phi) is 6.60. The SMILES string of the molecule is Cc1ccc(CN(CCc2c[nH]c3ccccc23)C(=O)CN(C(=O)NC23CC4CC(CC(C4)C2)C3)C2CC2)cc1. The summed E-state index contributed by atoms with van der Waals surface area (Å²) in [7, 11) is 0. The van der Waals surface area contributed by atoms with Crippen LogP contribution < -0.4 is 5.32 Å². The van der Waals surface area contributed by atoms with E-state index >= 15 is 0 Å². The van der Waals surface area contributed by atoms with Crippen LogP contribution in [0.2, 0.25) is 0 Å². The summed E-state index contributed by atoms with van der Waals surface area (Å²) in [6, 6.07) is 16.9. The molecular weight excluding hydrogens is 496 g/mol. The van der Waals surface area contributed by atoms with Crippen LogP contribution in [-0.2, 0) is 17.8 Å². The average Bonchev–Trinajstić information content (AvgIpc) is 3.69. The van der Waals surface area contributed by atoms with Gasteiger partial charge in [-0.25, -0.2) is 4.79 Å². The van der Waals surface area contributed by atoms with Crippen molar-refractivity contribution < 1.29 is 9.59 Å². The van der Waals surface area contributed by atoms with Gasteiger partial charge in [-0.1, -0.05) is 48.0 Å². The molecule has 0 aliphatic heterocycles. The Bertz CT molecular complexity index is 1350. The third-order valence-corrected chi connectivity index (χ3v) is 10.1. The van der Waals surface area contributed by atoms with Crippen LogP contribution in [0.5, 0.6) is 0 Å². The second-order valence-corrected chi connectivity index (χ2v) is 13.4. The minimum absolute atomic E-state index is 0.00952. The number of amides is 3. The highest BCUT2D eigenvalue weighted by Gasteiger charge is 2.52. The van der Waals surface area contributed by atoms with E-state index in [0.29, 0.717) is 13.1 Å². The zero-order valence-corrected chi connectivity index (χ0v) is 23.7. The van der Waals surface area contributed by atoms with Gasteiger partial charge < -0.3 is 20.1 Å². The lowest BCUT2D eigenvalue weighted by Gasteiger charge is -2.57. The minimum atomic E-state index is -0.0427. The van der Waals surface area contributed by atoms with E-state index < -0.39 is 0 Å². The van der Waals surface area contributed by atoms with Crippen molar-refractivity contribution in [2.24, 2.45) is 17.8 Å². The number of H-pyrrole nitrogens is 1. The van der Waals surface area contributed by atoms with E-state index in [9.17, 15) is 9.59 Å². The van der Waals surface area contributed by atoms with Crippen molar-refractivity contribution in [3.8, 4) is 0 Å². The van der Waals surface area contributed by atoms with Crippen molar-refractivity contribution in [2.45, 2.75) is 82.8 Å². The van der Waals surface area contributed by atoms with Crippen molar-refractivity contribution in [1.29, 1.82) is 0 Å². The fourth-order valence-corrected chi connectivity index (χ4v) is 8.36. The molecule has 2 aromatic carbocycles. The lowest BCUT2D eigenvalue weighted by atomic mass is 9.53.